The number of carbonyl (C=O) groups is 1. The standard InChI is InChI=1S/C20H18FN3O/c1-13-11-17-19(18(25)12-13)20(22-15-9-7-14(21)8-10-15)23-24(17)16-5-3-2-4-6-16/h2-10,13H,11-12H2,1H3,(H,22,23)/t13-/m1/s1. The van der Waals surface area contributed by atoms with Gasteiger partial charge in [-0.05, 0) is 48.7 Å². The first-order valence-corrected chi connectivity index (χ1v) is 8.35. The van der Waals surface area contributed by atoms with Gasteiger partial charge in [-0.15, -0.1) is 5.10 Å². The van der Waals surface area contributed by atoms with Crippen LogP contribution in [0, 0.1) is 11.7 Å². The van der Waals surface area contributed by atoms with Crippen molar-refractivity contribution in [2.45, 2.75) is 19.8 Å². The molecule has 126 valence electrons. The van der Waals surface area contributed by atoms with E-state index >= 15 is 0 Å². The molecule has 0 aliphatic heterocycles. The van der Waals surface area contributed by atoms with E-state index in [1.54, 1.807) is 12.1 Å². The minimum atomic E-state index is -0.299. The van der Waals surface area contributed by atoms with Crippen LogP contribution in [0.1, 0.15) is 29.4 Å². The Morgan fingerprint density at radius 1 is 1.08 bits per heavy atom. The van der Waals surface area contributed by atoms with E-state index < -0.39 is 0 Å². The van der Waals surface area contributed by atoms with Gasteiger partial charge in [0.1, 0.15) is 5.82 Å². The summed E-state index contributed by atoms with van der Waals surface area (Å²) in [4.78, 5) is 12.7. The molecule has 0 bridgehead atoms. The summed E-state index contributed by atoms with van der Waals surface area (Å²) in [6, 6.07) is 15.8. The fourth-order valence-corrected chi connectivity index (χ4v) is 3.30. The van der Waals surface area contributed by atoms with Crippen molar-refractivity contribution in [2.75, 3.05) is 5.32 Å². The second kappa shape index (κ2) is 6.16. The highest BCUT2D eigenvalue weighted by Crippen LogP contribution is 2.33. The molecular formula is C20H18FN3O. The first-order valence-electron chi connectivity index (χ1n) is 8.35. The summed E-state index contributed by atoms with van der Waals surface area (Å²) >= 11 is 0. The maximum Gasteiger partial charge on any atom is 0.168 e. The van der Waals surface area contributed by atoms with Gasteiger partial charge in [-0.1, -0.05) is 25.1 Å². The highest BCUT2D eigenvalue weighted by molar-refractivity contribution is 6.03. The smallest absolute Gasteiger partial charge is 0.168 e. The second-order valence-corrected chi connectivity index (χ2v) is 6.49. The molecule has 1 atom stereocenters. The molecule has 0 unspecified atom stereocenters. The zero-order chi connectivity index (χ0) is 17.4. The lowest BCUT2D eigenvalue weighted by Gasteiger charge is -2.19. The van der Waals surface area contributed by atoms with E-state index in [2.05, 4.69) is 17.3 Å². The lowest BCUT2D eigenvalue weighted by Crippen LogP contribution is -2.19. The summed E-state index contributed by atoms with van der Waals surface area (Å²) < 4.78 is 15.0. The Labute approximate surface area is 145 Å². The van der Waals surface area contributed by atoms with Crippen LogP contribution in [0.25, 0.3) is 5.69 Å². The van der Waals surface area contributed by atoms with E-state index in [1.165, 1.54) is 12.1 Å². The van der Waals surface area contributed by atoms with Crippen LogP contribution in [-0.2, 0) is 6.42 Å². The summed E-state index contributed by atoms with van der Waals surface area (Å²) in [5.74, 6) is 0.619. The number of anilines is 2. The third kappa shape index (κ3) is 2.93. The summed E-state index contributed by atoms with van der Waals surface area (Å²) in [6.07, 6.45) is 1.32. The third-order valence-corrected chi connectivity index (χ3v) is 4.44. The molecule has 4 rings (SSSR count). The van der Waals surface area contributed by atoms with Gasteiger partial charge in [-0.2, -0.15) is 0 Å². The second-order valence-electron chi connectivity index (χ2n) is 6.49. The molecule has 0 saturated heterocycles. The van der Waals surface area contributed by atoms with Crippen molar-refractivity contribution in [3.8, 4) is 5.69 Å². The molecule has 5 heteroatoms. The Morgan fingerprint density at radius 2 is 1.80 bits per heavy atom. The summed E-state index contributed by atoms with van der Waals surface area (Å²) in [5.41, 5.74) is 3.20. The Hall–Kier alpha value is -2.95. The number of Topliss-reactive ketones (excluding diaryl/α,β-unsaturated/α-hetero) is 1. The van der Waals surface area contributed by atoms with Gasteiger partial charge in [0.2, 0.25) is 0 Å². The van der Waals surface area contributed by atoms with E-state index in [1.807, 2.05) is 35.0 Å². The molecule has 1 aromatic heterocycles. The number of hydrogen-bond acceptors (Lipinski definition) is 3. The van der Waals surface area contributed by atoms with Crippen LogP contribution >= 0.6 is 0 Å². The van der Waals surface area contributed by atoms with Crippen molar-refractivity contribution >= 4 is 17.3 Å². The summed E-state index contributed by atoms with van der Waals surface area (Å²) in [5, 5.41) is 7.83. The van der Waals surface area contributed by atoms with Crippen LogP contribution in [0.2, 0.25) is 0 Å². The van der Waals surface area contributed by atoms with Gasteiger partial charge >= 0.3 is 0 Å². The topological polar surface area (TPSA) is 46.9 Å². The molecule has 0 spiro atoms. The number of nitrogens with one attached hydrogen (secondary N) is 1. The van der Waals surface area contributed by atoms with Crippen molar-refractivity contribution in [3.63, 3.8) is 0 Å². The van der Waals surface area contributed by atoms with Crippen LogP contribution in [0.4, 0.5) is 15.9 Å². The number of fused-ring (bicyclic) bond motifs is 1. The minimum absolute atomic E-state index is 0.0977. The zero-order valence-electron chi connectivity index (χ0n) is 13.9. The normalized spacial score (nSPS) is 16.6. The fraction of sp³-hybridized carbons (Fsp3) is 0.200. The molecule has 0 saturated carbocycles. The zero-order valence-corrected chi connectivity index (χ0v) is 13.9. The van der Waals surface area contributed by atoms with Crippen molar-refractivity contribution in [1.29, 1.82) is 0 Å². The molecule has 1 N–H and O–H groups in total. The van der Waals surface area contributed by atoms with Gasteiger partial charge in [-0.3, -0.25) is 4.79 Å². The predicted octanol–water partition coefficient (Wildman–Crippen LogP) is 4.52. The van der Waals surface area contributed by atoms with Gasteiger partial charge in [0.25, 0.3) is 0 Å². The fourth-order valence-electron chi connectivity index (χ4n) is 3.30. The van der Waals surface area contributed by atoms with Crippen molar-refractivity contribution in [1.82, 2.24) is 9.78 Å². The molecule has 1 aliphatic carbocycles. The minimum Gasteiger partial charge on any atom is -0.338 e. The molecule has 2 aromatic carbocycles. The number of para-hydroxylation sites is 1. The SMILES string of the molecule is C[C@H]1CC(=O)c2c(Nc3ccc(F)cc3)nn(-c3ccccc3)c2C1. The number of carbonyl (C=O) groups excluding carboxylic acids is 1. The average molecular weight is 335 g/mol. The molecule has 0 radical (unpaired) electrons. The van der Waals surface area contributed by atoms with Crippen LogP contribution in [-0.4, -0.2) is 15.6 Å². The molecule has 0 fully saturated rings. The van der Waals surface area contributed by atoms with Crippen molar-refractivity contribution < 1.29 is 9.18 Å². The molecule has 1 heterocycles. The molecule has 1 aliphatic rings. The van der Waals surface area contributed by atoms with Gasteiger partial charge in [0.05, 0.1) is 16.9 Å². The van der Waals surface area contributed by atoms with Crippen LogP contribution in [0.3, 0.4) is 0 Å². The number of rotatable bonds is 3. The first-order chi connectivity index (χ1) is 12.1. The number of benzene rings is 2. The molecular weight excluding hydrogens is 317 g/mol. The van der Waals surface area contributed by atoms with E-state index in [9.17, 15) is 9.18 Å². The average Bonchev–Trinajstić information content (AvgIpc) is 2.96. The lowest BCUT2D eigenvalue weighted by atomic mass is 9.87. The lowest BCUT2D eigenvalue weighted by molar-refractivity contribution is 0.0953. The molecule has 4 nitrogen and oxygen atoms in total. The maximum atomic E-state index is 13.1. The number of ketones is 1. The first kappa shape index (κ1) is 15.6. The van der Waals surface area contributed by atoms with Gasteiger partial charge in [-0.25, -0.2) is 9.07 Å². The predicted molar refractivity (Wildman–Crippen MR) is 95.1 cm³/mol. The summed E-state index contributed by atoms with van der Waals surface area (Å²) in [6.45, 7) is 2.08. The van der Waals surface area contributed by atoms with E-state index in [4.69, 9.17) is 0 Å². The van der Waals surface area contributed by atoms with Crippen LogP contribution in [0.15, 0.2) is 54.6 Å². The van der Waals surface area contributed by atoms with Crippen molar-refractivity contribution in [2.24, 2.45) is 5.92 Å². The van der Waals surface area contributed by atoms with Crippen molar-refractivity contribution in [3.05, 3.63) is 71.7 Å². The monoisotopic (exact) mass is 335 g/mol. The Bertz CT molecular complexity index is 916. The largest absolute Gasteiger partial charge is 0.338 e. The van der Waals surface area contributed by atoms with Crippen LogP contribution in [0.5, 0.6) is 0 Å². The Kier molecular flexibility index (Phi) is 3.84. The third-order valence-electron chi connectivity index (χ3n) is 4.44. The highest BCUT2D eigenvalue weighted by Gasteiger charge is 2.31. The summed E-state index contributed by atoms with van der Waals surface area (Å²) in [7, 11) is 0. The quantitative estimate of drug-likeness (QED) is 0.765. The Morgan fingerprint density at radius 3 is 2.52 bits per heavy atom. The number of halogens is 1. The molecule has 3 aromatic rings. The Balaban J connectivity index is 1.82. The van der Waals surface area contributed by atoms with Crippen LogP contribution < -0.4 is 5.32 Å². The molecule has 0 amide bonds. The number of aromatic nitrogens is 2. The maximum absolute atomic E-state index is 13.1. The van der Waals surface area contributed by atoms with E-state index in [0.29, 0.717) is 23.5 Å². The van der Waals surface area contributed by atoms with Gasteiger partial charge < -0.3 is 5.32 Å². The van der Waals surface area contributed by atoms with Gasteiger partial charge in [0, 0.05) is 12.1 Å². The van der Waals surface area contributed by atoms with E-state index in [-0.39, 0.29) is 17.5 Å². The number of nitrogens with zero attached hydrogens (tertiary/aromatic N) is 2. The molecule has 25 heavy (non-hydrogen) atoms. The van der Waals surface area contributed by atoms with Gasteiger partial charge in [0.15, 0.2) is 11.6 Å². The highest BCUT2D eigenvalue weighted by atomic mass is 19.1. The number of hydrogen-bond donors (Lipinski definition) is 1. The van der Waals surface area contributed by atoms with E-state index in [0.717, 1.165) is 17.8 Å².